The summed E-state index contributed by atoms with van der Waals surface area (Å²) in [5.41, 5.74) is 0.566. The average molecular weight is 373 g/mol. The molecule has 1 unspecified atom stereocenters. The van der Waals surface area contributed by atoms with Gasteiger partial charge in [0.25, 0.3) is 17.7 Å². The van der Waals surface area contributed by atoms with Crippen molar-refractivity contribution in [2.45, 2.75) is 12.5 Å². The number of halogens is 2. The molecule has 1 fully saturated rings. The molecule has 3 amide bonds. The summed E-state index contributed by atoms with van der Waals surface area (Å²) in [5, 5.41) is 0.0409. The molecule has 132 valence electrons. The van der Waals surface area contributed by atoms with Gasteiger partial charge in [-0.05, 0) is 30.7 Å². The predicted molar refractivity (Wildman–Crippen MR) is 92.7 cm³/mol. The van der Waals surface area contributed by atoms with Gasteiger partial charge in [-0.25, -0.2) is 4.39 Å². The molecule has 2 heterocycles. The molecule has 26 heavy (non-hydrogen) atoms. The van der Waals surface area contributed by atoms with Crippen LogP contribution >= 0.6 is 11.6 Å². The smallest absolute Gasteiger partial charge is 0.261 e. The minimum Gasteiger partial charge on any atom is -0.336 e. The van der Waals surface area contributed by atoms with E-state index in [-0.39, 0.29) is 28.9 Å². The lowest BCUT2D eigenvalue weighted by atomic mass is 10.1. The minimum absolute atomic E-state index is 0.0409. The number of carbonyl (C=O) groups excluding carboxylic acids is 3. The highest BCUT2D eigenvalue weighted by molar-refractivity contribution is 6.33. The second kappa shape index (κ2) is 6.21. The van der Waals surface area contributed by atoms with E-state index in [1.165, 1.54) is 28.0 Å². The molecule has 0 N–H and O–H groups in total. The van der Waals surface area contributed by atoms with Gasteiger partial charge in [0, 0.05) is 13.1 Å². The first kappa shape index (κ1) is 16.7. The van der Waals surface area contributed by atoms with Gasteiger partial charge in [0.1, 0.15) is 5.82 Å². The van der Waals surface area contributed by atoms with E-state index in [1.807, 2.05) is 0 Å². The van der Waals surface area contributed by atoms with Crippen LogP contribution in [-0.2, 0) is 0 Å². The molecule has 7 heteroatoms. The fraction of sp³-hybridized carbons (Fsp3) is 0.211. The van der Waals surface area contributed by atoms with Crippen molar-refractivity contribution in [2.75, 3.05) is 13.1 Å². The minimum atomic E-state index is -0.688. The Bertz CT molecular complexity index is 891. The van der Waals surface area contributed by atoms with Crippen LogP contribution in [0.4, 0.5) is 4.39 Å². The number of rotatable bonds is 2. The maximum atomic E-state index is 14.0. The standard InChI is InChI=1S/C19H14ClFN2O3/c20-14-6-3-7-15(21)16(14)19(26)22-9-8-11(10-22)23-17(24)12-4-1-2-5-13(12)18(23)25/h1-7,11H,8-10H2. The summed E-state index contributed by atoms with van der Waals surface area (Å²) < 4.78 is 14.0. The first-order valence-electron chi connectivity index (χ1n) is 8.19. The molecular weight excluding hydrogens is 359 g/mol. The highest BCUT2D eigenvalue weighted by Crippen LogP contribution is 2.29. The molecule has 0 radical (unpaired) electrons. The lowest BCUT2D eigenvalue weighted by Gasteiger charge is -2.23. The number of carbonyl (C=O) groups is 3. The van der Waals surface area contributed by atoms with Crippen molar-refractivity contribution in [3.05, 3.63) is 70.0 Å². The number of imide groups is 1. The predicted octanol–water partition coefficient (Wildman–Crippen LogP) is 2.99. The summed E-state index contributed by atoms with van der Waals surface area (Å²) in [4.78, 5) is 40.4. The Morgan fingerprint density at radius 1 is 1.04 bits per heavy atom. The van der Waals surface area contributed by atoms with Gasteiger partial charge in [0.15, 0.2) is 0 Å². The summed E-state index contributed by atoms with van der Waals surface area (Å²) in [6.45, 7) is 0.483. The summed E-state index contributed by atoms with van der Waals surface area (Å²) >= 11 is 5.97. The lowest BCUT2D eigenvalue weighted by molar-refractivity contribution is 0.0574. The summed E-state index contributed by atoms with van der Waals surface area (Å²) in [5.74, 6) is -1.93. The molecule has 2 aliphatic rings. The number of hydrogen-bond donors (Lipinski definition) is 0. The van der Waals surface area contributed by atoms with Gasteiger partial charge < -0.3 is 4.90 Å². The molecule has 1 saturated heterocycles. The second-order valence-corrected chi connectivity index (χ2v) is 6.72. The number of hydrogen-bond acceptors (Lipinski definition) is 3. The van der Waals surface area contributed by atoms with Gasteiger partial charge >= 0.3 is 0 Å². The zero-order valence-electron chi connectivity index (χ0n) is 13.6. The van der Waals surface area contributed by atoms with Crippen LogP contribution in [0.5, 0.6) is 0 Å². The SMILES string of the molecule is O=C(c1c(F)cccc1Cl)N1CCC(N2C(=O)c3ccccc3C2=O)C1. The van der Waals surface area contributed by atoms with Gasteiger partial charge in [-0.15, -0.1) is 0 Å². The topological polar surface area (TPSA) is 57.7 Å². The van der Waals surface area contributed by atoms with E-state index in [1.54, 1.807) is 24.3 Å². The molecule has 0 bridgehead atoms. The Morgan fingerprint density at radius 3 is 2.31 bits per heavy atom. The third-order valence-corrected chi connectivity index (χ3v) is 5.13. The number of fused-ring (bicyclic) bond motifs is 1. The normalized spacial score (nSPS) is 19.2. The van der Waals surface area contributed by atoms with Gasteiger partial charge in [0.05, 0.1) is 27.8 Å². The third kappa shape index (κ3) is 2.49. The van der Waals surface area contributed by atoms with Crippen LogP contribution in [0.25, 0.3) is 0 Å². The Kier molecular flexibility index (Phi) is 4.00. The van der Waals surface area contributed by atoms with Crippen molar-refractivity contribution in [2.24, 2.45) is 0 Å². The molecule has 0 saturated carbocycles. The highest BCUT2D eigenvalue weighted by Gasteiger charge is 2.43. The van der Waals surface area contributed by atoms with Crippen molar-refractivity contribution in [1.29, 1.82) is 0 Å². The van der Waals surface area contributed by atoms with Gasteiger partial charge in [0.2, 0.25) is 0 Å². The molecule has 2 aromatic carbocycles. The Hall–Kier alpha value is -2.73. The number of nitrogens with zero attached hydrogens (tertiary/aromatic N) is 2. The lowest BCUT2D eigenvalue weighted by Crippen LogP contribution is -2.42. The van der Waals surface area contributed by atoms with Crippen LogP contribution in [0.1, 0.15) is 37.5 Å². The number of likely N-dealkylation sites (tertiary alicyclic amines) is 1. The van der Waals surface area contributed by atoms with E-state index in [0.717, 1.165) is 0 Å². The molecule has 2 aliphatic heterocycles. The fourth-order valence-electron chi connectivity index (χ4n) is 3.54. The highest BCUT2D eigenvalue weighted by atomic mass is 35.5. The van der Waals surface area contributed by atoms with Crippen molar-refractivity contribution in [3.8, 4) is 0 Å². The van der Waals surface area contributed by atoms with Crippen LogP contribution in [0.2, 0.25) is 5.02 Å². The number of benzene rings is 2. The zero-order chi connectivity index (χ0) is 18.4. The summed E-state index contributed by atoms with van der Waals surface area (Å²) in [6.07, 6.45) is 0.448. The van der Waals surface area contributed by atoms with Gasteiger partial charge in [-0.3, -0.25) is 19.3 Å². The maximum Gasteiger partial charge on any atom is 0.261 e. The summed E-state index contributed by atoms with van der Waals surface area (Å²) in [6, 6.07) is 10.3. The molecule has 0 spiro atoms. The van der Waals surface area contributed by atoms with E-state index in [9.17, 15) is 18.8 Å². The maximum absolute atomic E-state index is 14.0. The molecule has 4 rings (SSSR count). The molecule has 1 atom stereocenters. The quantitative estimate of drug-likeness (QED) is 0.761. The van der Waals surface area contributed by atoms with Crippen LogP contribution in [0.15, 0.2) is 42.5 Å². The van der Waals surface area contributed by atoms with Crippen molar-refractivity contribution >= 4 is 29.3 Å². The Labute approximate surface area is 154 Å². The van der Waals surface area contributed by atoms with E-state index >= 15 is 0 Å². The van der Waals surface area contributed by atoms with E-state index in [4.69, 9.17) is 11.6 Å². The Morgan fingerprint density at radius 2 is 1.69 bits per heavy atom. The van der Waals surface area contributed by atoms with Crippen LogP contribution in [0, 0.1) is 5.82 Å². The molecule has 2 aromatic rings. The van der Waals surface area contributed by atoms with E-state index in [2.05, 4.69) is 0 Å². The second-order valence-electron chi connectivity index (χ2n) is 6.32. The van der Waals surface area contributed by atoms with E-state index in [0.29, 0.717) is 24.1 Å². The van der Waals surface area contributed by atoms with Crippen LogP contribution in [0.3, 0.4) is 0 Å². The first-order valence-corrected chi connectivity index (χ1v) is 8.57. The van der Waals surface area contributed by atoms with Crippen LogP contribution in [-0.4, -0.2) is 46.7 Å². The van der Waals surface area contributed by atoms with Gasteiger partial charge in [-0.1, -0.05) is 29.8 Å². The number of amides is 3. The third-order valence-electron chi connectivity index (χ3n) is 4.82. The van der Waals surface area contributed by atoms with Crippen molar-refractivity contribution in [1.82, 2.24) is 9.80 Å². The molecule has 0 aromatic heterocycles. The molecule has 0 aliphatic carbocycles. The monoisotopic (exact) mass is 372 g/mol. The molecule has 5 nitrogen and oxygen atoms in total. The largest absolute Gasteiger partial charge is 0.336 e. The average Bonchev–Trinajstić information content (AvgIpc) is 3.19. The first-order chi connectivity index (χ1) is 12.5. The Balaban J connectivity index is 1.56. The van der Waals surface area contributed by atoms with Gasteiger partial charge in [-0.2, -0.15) is 0 Å². The fourth-order valence-corrected chi connectivity index (χ4v) is 3.78. The van der Waals surface area contributed by atoms with Crippen molar-refractivity contribution < 1.29 is 18.8 Å². The van der Waals surface area contributed by atoms with Crippen molar-refractivity contribution in [3.63, 3.8) is 0 Å². The van der Waals surface area contributed by atoms with Crippen LogP contribution < -0.4 is 0 Å². The zero-order valence-corrected chi connectivity index (χ0v) is 14.4. The summed E-state index contributed by atoms with van der Waals surface area (Å²) in [7, 11) is 0. The van der Waals surface area contributed by atoms with E-state index < -0.39 is 17.8 Å². The molecular formula is C19H14ClFN2O3.